The lowest BCUT2D eigenvalue weighted by molar-refractivity contribution is -0.231. The van der Waals surface area contributed by atoms with Crippen LogP contribution in [-0.4, -0.2) is 64.2 Å². The number of halogens is 3. The highest BCUT2D eigenvalue weighted by atomic mass is 32.2. The molecule has 3 fully saturated rings. The van der Waals surface area contributed by atoms with E-state index in [4.69, 9.17) is 9.47 Å². The minimum Gasteiger partial charge on any atom is -0.381 e. The standard InChI is InChI=1S/C17H28F3NO4S/c18-17(19,20)15-1-7-21(13-16(15)5-10-25-11-6-16)26(22,23)12-4-14-2-8-24-9-3-14/h14-15H,1-13H2. The van der Waals surface area contributed by atoms with E-state index in [-0.39, 0.29) is 51.3 Å². The summed E-state index contributed by atoms with van der Waals surface area (Å²) < 4.78 is 78.1. The summed E-state index contributed by atoms with van der Waals surface area (Å²) in [5, 5.41) is 0. The Morgan fingerprint density at radius 1 is 1.00 bits per heavy atom. The first kappa shape index (κ1) is 20.4. The van der Waals surface area contributed by atoms with Gasteiger partial charge in [0.1, 0.15) is 0 Å². The van der Waals surface area contributed by atoms with Crippen LogP contribution in [0.2, 0.25) is 0 Å². The first-order valence-electron chi connectivity index (χ1n) is 9.43. The molecule has 3 rings (SSSR count). The summed E-state index contributed by atoms with van der Waals surface area (Å²) in [4.78, 5) is 0. The van der Waals surface area contributed by atoms with Crippen LogP contribution in [-0.2, 0) is 19.5 Å². The number of hydrogen-bond donors (Lipinski definition) is 0. The third-order valence-corrected chi connectivity index (χ3v) is 8.15. The molecule has 1 atom stereocenters. The Kier molecular flexibility index (Phi) is 6.21. The quantitative estimate of drug-likeness (QED) is 0.730. The SMILES string of the molecule is O=S(=O)(CCC1CCOCC1)N1CCC(C(F)(F)F)C2(CCOCC2)C1. The second-order valence-electron chi connectivity index (χ2n) is 7.85. The molecule has 0 aromatic rings. The molecule has 1 spiro atoms. The summed E-state index contributed by atoms with van der Waals surface area (Å²) in [5.74, 6) is -1.11. The van der Waals surface area contributed by atoms with E-state index in [1.54, 1.807) is 0 Å². The number of hydrogen-bond acceptors (Lipinski definition) is 4. The highest BCUT2D eigenvalue weighted by molar-refractivity contribution is 7.89. The molecule has 0 aromatic heterocycles. The van der Waals surface area contributed by atoms with Crippen LogP contribution in [0, 0.1) is 17.3 Å². The number of alkyl halides is 3. The Bertz CT molecular complexity index is 569. The Morgan fingerprint density at radius 2 is 1.62 bits per heavy atom. The third kappa shape index (κ3) is 4.54. The molecular formula is C17H28F3NO4S. The van der Waals surface area contributed by atoms with Gasteiger partial charge in [-0.3, -0.25) is 0 Å². The third-order valence-electron chi connectivity index (χ3n) is 6.30. The van der Waals surface area contributed by atoms with Gasteiger partial charge in [-0.1, -0.05) is 0 Å². The topological polar surface area (TPSA) is 55.8 Å². The molecule has 3 aliphatic rings. The fourth-order valence-corrected chi connectivity index (χ4v) is 6.36. The van der Waals surface area contributed by atoms with Gasteiger partial charge in [0.05, 0.1) is 11.7 Å². The fourth-order valence-electron chi connectivity index (χ4n) is 4.63. The maximum absolute atomic E-state index is 13.6. The van der Waals surface area contributed by atoms with Gasteiger partial charge in [-0.15, -0.1) is 0 Å². The molecule has 26 heavy (non-hydrogen) atoms. The van der Waals surface area contributed by atoms with Crippen LogP contribution >= 0.6 is 0 Å². The molecule has 3 saturated heterocycles. The summed E-state index contributed by atoms with van der Waals surface area (Å²) in [7, 11) is -3.54. The maximum atomic E-state index is 13.6. The highest BCUT2D eigenvalue weighted by Gasteiger charge is 2.57. The van der Waals surface area contributed by atoms with Gasteiger partial charge in [0.2, 0.25) is 10.0 Å². The first-order chi connectivity index (χ1) is 12.2. The predicted molar refractivity (Wildman–Crippen MR) is 90.2 cm³/mol. The number of ether oxygens (including phenoxy) is 2. The molecule has 0 N–H and O–H groups in total. The summed E-state index contributed by atoms with van der Waals surface area (Å²) in [6.07, 6.45) is -1.65. The second kappa shape index (κ2) is 7.93. The van der Waals surface area contributed by atoms with Crippen molar-refractivity contribution in [3.63, 3.8) is 0 Å². The number of piperidine rings is 1. The smallest absolute Gasteiger partial charge is 0.381 e. The van der Waals surface area contributed by atoms with Crippen molar-refractivity contribution in [2.75, 3.05) is 45.3 Å². The Balaban J connectivity index is 1.68. The molecule has 0 aliphatic carbocycles. The van der Waals surface area contributed by atoms with Gasteiger partial charge in [-0.2, -0.15) is 13.2 Å². The van der Waals surface area contributed by atoms with Crippen LogP contribution in [0.5, 0.6) is 0 Å². The van der Waals surface area contributed by atoms with Gasteiger partial charge < -0.3 is 9.47 Å². The van der Waals surface area contributed by atoms with E-state index in [0.717, 1.165) is 12.8 Å². The molecule has 3 aliphatic heterocycles. The molecule has 5 nitrogen and oxygen atoms in total. The Hall–Kier alpha value is -0.380. The lowest BCUT2D eigenvalue weighted by atomic mass is 9.66. The molecule has 1 unspecified atom stereocenters. The normalized spacial score (nSPS) is 29.1. The first-order valence-corrected chi connectivity index (χ1v) is 11.0. The average molecular weight is 399 g/mol. The Morgan fingerprint density at radius 3 is 2.23 bits per heavy atom. The number of sulfonamides is 1. The van der Waals surface area contributed by atoms with Gasteiger partial charge in [0.15, 0.2) is 0 Å². The summed E-state index contributed by atoms with van der Waals surface area (Å²) >= 11 is 0. The van der Waals surface area contributed by atoms with Crippen LogP contribution in [0.15, 0.2) is 0 Å². The molecule has 3 heterocycles. The molecular weight excluding hydrogens is 371 g/mol. The highest BCUT2D eigenvalue weighted by Crippen LogP contribution is 2.51. The van der Waals surface area contributed by atoms with Crippen molar-refractivity contribution < 1.29 is 31.1 Å². The molecule has 0 aromatic carbocycles. The lowest BCUT2D eigenvalue weighted by Gasteiger charge is -2.50. The summed E-state index contributed by atoms with van der Waals surface area (Å²) in [6, 6.07) is 0. The van der Waals surface area contributed by atoms with Crippen LogP contribution in [0.1, 0.15) is 38.5 Å². The van der Waals surface area contributed by atoms with E-state index in [9.17, 15) is 21.6 Å². The van der Waals surface area contributed by atoms with Crippen LogP contribution in [0.3, 0.4) is 0 Å². The van der Waals surface area contributed by atoms with Gasteiger partial charge in [-0.05, 0) is 49.9 Å². The van der Waals surface area contributed by atoms with Crippen molar-refractivity contribution >= 4 is 10.0 Å². The summed E-state index contributed by atoms with van der Waals surface area (Å²) in [5.41, 5.74) is -1.04. The summed E-state index contributed by atoms with van der Waals surface area (Å²) in [6.45, 7) is 1.78. The van der Waals surface area contributed by atoms with Crippen molar-refractivity contribution in [2.45, 2.75) is 44.7 Å². The largest absolute Gasteiger partial charge is 0.392 e. The van der Waals surface area contributed by atoms with E-state index in [1.807, 2.05) is 0 Å². The maximum Gasteiger partial charge on any atom is 0.392 e. The lowest BCUT2D eigenvalue weighted by Crippen LogP contribution is -2.57. The zero-order chi connectivity index (χ0) is 18.8. The van der Waals surface area contributed by atoms with E-state index in [0.29, 0.717) is 25.6 Å². The number of rotatable bonds is 4. The van der Waals surface area contributed by atoms with Gasteiger partial charge in [-0.25, -0.2) is 12.7 Å². The van der Waals surface area contributed by atoms with Crippen molar-refractivity contribution in [2.24, 2.45) is 17.3 Å². The van der Waals surface area contributed by atoms with Crippen LogP contribution in [0.25, 0.3) is 0 Å². The van der Waals surface area contributed by atoms with Gasteiger partial charge >= 0.3 is 6.18 Å². The van der Waals surface area contributed by atoms with Crippen molar-refractivity contribution in [1.82, 2.24) is 4.31 Å². The van der Waals surface area contributed by atoms with Crippen molar-refractivity contribution in [1.29, 1.82) is 0 Å². The van der Waals surface area contributed by atoms with Crippen molar-refractivity contribution in [3.8, 4) is 0 Å². The number of nitrogens with zero attached hydrogens (tertiary/aromatic N) is 1. The predicted octanol–water partition coefficient (Wildman–Crippen LogP) is 2.81. The van der Waals surface area contributed by atoms with E-state index < -0.39 is 27.5 Å². The Labute approximate surface area is 153 Å². The minimum absolute atomic E-state index is 0.0148. The van der Waals surface area contributed by atoms with E-state index >= 15 is 0 Å². The monoisotopic (exact) mass is 399 g/mol. The van der Waals surface area contributed by atoms with Gasteiger partial charge in [0.25, 0.3) is 0 Å². The zero-order valence-corrected chi connectivity index (χ0v) is 15.8. The molecule has 0 bridgehead atoms. The van der Waals surface area contributed by atoms with Crippen LogP contribution in [0.4, 0.5) is 13.2 Å². The minimum atomic E-state index is -4.30. The molecule has 152 valence electrons. The zero-order valence-electron chi connectivity index (χ0n) is 15.0. The second-order valence-corrected chi connectivity index (χ2v) is 9.94. The van der Waals surface area contributed by atoms with Crippen molar-refractivity contribution in [3.05, 3.63) is 0 Å². The molecule has 0 radical (unpaired) electrons. The fraction of sp³-hybridized carbons (Fsp3) is 1.00. The van der Waals surface area contributed by atoms with Crippen LogP contribution < -0.4 is 0 Å². The van der Waals surface area contributed by atoms with E-state index in [1.165, 1.54) is 4.31 Å². The average Bonchev–Trinajstić information content (AvgIpc) is 2.60. The van der Waals surface area contributed by atoms with E-state index in [2.05, 4.69) is 0 Å². The van der Waals surface area contributed by atoms with Gasteiger partial charge in [0, 0.05) is 39.5 Å². The molecule has 0 saturated carbocycles. The molecule has 9 heteroatoms. The molecule has 0 amide bonds.